The smallest absolute Gasteiger partial charge is 0.317 e. The van der Waals surface area contributed by atoms with Crippen LogP contribution in [0.5, 0.6) is 0 Å². The molecule has 2 N–H and O–H groups in total. The molecule has 1 saturated heterocycles. The molecule has 0 bridgehead atoms. The lowest BCUT2D eigenvalue weighted by Crippen LogP contribution is -2.44. The number of ether oxygens (including phenoxy) is 1. The number of nitrogens with one attached hydrogen (secondary N) is 1. The number of carboxylic acids is 1. The number of nitrogens with zero attached hydrogens (tertiary/aromatic N) is 1. The highest BCUT2D eigenvalue weighted by molar-refractivity contribution is 5.74. The average molecular weight is 272 g/mol. The molecule has 1 rings (SSSR count). The minimum Gasteiger partial charge on any atom is -0.481 e. The summed E-state index contributed by atoms with van der Waals surface area (Å²) in [4.78, 5) is 24.0. The molecule has 19 heavy (non-hydrogen) atoms. The van der Waals surface area contributed by atoms with Gasteiger partial charge in [-0.05, 0) is 32.1 Å². The quantitative estimate of drug-likeness (QED) is 0.764. The van der Waals surface area contributed by atoms with Crippen molar-refractivity contribution in [3.05, 3.63) is 0 Å². The second-order valence-corrected chi connectivity index (χ2v) is 5.22. The fourth-order valence-corrected chi connectivity index (χ4v) is 2.13. The van der Waals surface area contributed by atoms with Crippen molar-refractivity contribution < 1.29 is 19.4 Å². The van der Waals surface area contributed by atoms with Gasteiger partial charge in [0, 0.05) is 39.3 Å². The third-order valence-electron chi connectivity index (χ3n) is 3.38. The molecule has 1 heterocycles. The van der Waals surface area contributed by atoms with E-state index in [9.17, 15) is 9.59 Å². The Morgan fingerprint density at radius 1 is 1.42 bits per heavy atom. The fraction of sp³-hybridized carbons (Fsp3) is 0.846. The number of carbonyl (C=O) groups is 2. The van der Waals surface area contributed by atoms with Crippen molar-refractivity contribution in [1.82, 2.24) is 10.2 Å². The van der Waals surface area contributed by atoms with Crippen LogP contribution in [0.2, 0.25) is 0 Å². The van der Waals surface area contributed by atoms with Gasteiger partial charge in [-0.2, -0.15) is 0 Å². The molecule has 1 aliphatic heterocycles. The van der Waals surface area contributed by atoms with Gasteiger partial charge in [0.2, 0.25) is 0 Å². The van der Waals surface area contributed by atoms with Gasteiger partial charge < -0.3 is 20.1 Å². The Morgan fingerprint density at radius 2 is 2.05 bits per heavy atom. The Balaban J connectivity index is 2.25. The van der Waals surface area contributed by atoms with Crippen LogP contribution in [0.25, 0.3) is 0 Å². The van der Waals surface area contributed by atoms with Crippen molar-refractivity contribution in [3.63, 3.8) is 0 Å². The van der Waals surface area contributed by atoms with Crippen molar-refractivity contribution >= 4 is 12.0 Å². The summed E-state index contributed by atoms with van der Waals surface area (Å²) in [5.74, 6) is -0.338. The van der Waals surface area contributed by atoms with Crippen LogP contribution in [0.1, 0.15) is 32.6 Å². The molecular weight excluding hydrogens is 248 g/mol. The molecular formula is C13H24N2O4. The van der Waals surface area contributed by atoms with Gasteiger partial charge in [0.15, 0.2) is 0 Å². The zero-order valence-corrected chi connectivity index (χ0v) is 11.7. The topological polar surface area (TPSA) is 78.9 Å². The maximum atomic E-state index is 11.9. The molecule has 0 aromatic heterocycles. The molecule has 0 radical (unpaired) electrons. The first-order chi connectivity index (χ1) is 8.99. The van der Waals surface area contributed by atoms with Crippen LogP contribution in [0.3, 0.4) is 0 Å². The number of carboxylic acid groups (broad SMARTS) is 1. The molecule has 6 nitrogen and oxygen atoms in total. The van der Waals surface area contributed by atoms with E-state index in [0.29, 0.717) is 12.3 Å². The third kappa shape index (κ3) is 6.42. The monoisotopic (exact) mass is 272 g/mol. The summed E-state index contributed by atoms with van der Waals surface area (Å²) in [5.41, 5.74) is 0. The summed E-state index contributed by atoms with van der Waals surface area (Å²) < 4.78 is 5.29. The number of aliphatic carboxylic acids is 1. The van der Waals surface area contributed by atoms with Gasteiger partial charge in [0.25, 0.3) is 0 Å². The summed E-state index contributed by atoms with van der Waals surface area (Å²) in [6.45, 7) is 4.09. The van der Waals surface area contributed by atoms with Crippen molar-refractivity contribution in [2.45, 2.75) is 38.6 Å². The second-order valence-electron chi connectivity index (χ2n) is 5.22. The Morgan fingerprint density at radius 3 is 2.63 bits per heavy atom. The summed E-state index contributed by atoms with van der Waals surface area (Å²) in [6.07, 6.45) is 2.51. The van der Waals surface area contributed by atoms with Crippen molar-refractivity contribution in [3.8, 4) is 0 Å². The lowest BCUT2D eigenvalue weighted by molar-refractivity contribution is -0.137. The van der Waals surface area contributed by atoms with Gasteiger partial charge >= 0.3 is 12.0 Å². The molecule has 110 valence electrons. The molecule has 0 aliphatic carbocycles. The number of amides is 2. The summed E-state index contributed by atoms with van der Waals surface area (Å²) in [7, 11) is 1.77. The molecule has 1 fully saturated rings. The Bertz CT molecular complexity index is 303. The maximum Gasteiger partial charge on any atom is 0.317 e. The molecule has 1 atom stereocenters. The highest BCUT2D eigenvalue weighted by atomic mass is 16.5. The van der Waals surface area contributed by atoms with Crippen molar-refractivity contribution in [2.24, 2.45) is 5.92 Å². The predicted octanol–water partition coefficient (Wildman–Crippen LogP) is 1.31. The minimum absolute atomic E-state index is 0.0745. The summed E-state index contributed by atoms with van der Waals surface area (Å²) >= 11 is 0. The molecule has 1 aliphatic rings. The van der Waals surface area contributed by atoms with E-state index in [1.54, 1.807) is 11.9 Å². The number of hydrogen-bond acceptors (Lipinski definition) is 3. The highest BCUT2D eigenvalue weighted by Crippen LogP contribution is 2.15. The van der Waals surface area contributed by atoms with E-state index < -0.39 is 5.97 Å². The maximum absolute atomic E-state index is 11.9. The second kappa shape index (κ2) is 7.99. The third-order valence-corrected chi connectivity index (χ3v) is 3.38. The van der Waals surface area contributed by atoms with Crippen LogP contribution in [0.4, 0.5) is 4.79 Å². The first-order valence-electron chi connectivity index (χ1n) is 6.80. The van der Waals surface area contributed by atoms with Crippen LogP contribution >= 0.6 is 0 Å². The molecule has 2 amide bonds. The van der Waals surface area contributed by atoms with E-state index in [2.05, 4.69) is 5.32 Å². The van der Waals surface area contributed by atoms with E-state index in [1.807, 2.05) is 6.92 Å². The number of carbonyl (C=O) groups excluding carboxylic acids is 1. The van der Waals surface area contributed by atoms with Crippen molar-refractivity contribution in [2.75, 3.05) is 26.8 Å². The zero-order valence-electron chi connectivity index (χ0n) is 11.7. The van der Waals surface area contributed by atoms with Crippen LogP contribution < -0.4 is 5.32 Å². The van der Waals surface area contributed by atoms with E-state index in [0.717, 1.165) is 32.6 Å². The lowest BCUT2D eigenvalue weighted by Gasteiger charge is -2.28. The molecule has 1 unspecified atom stereocenters. The first-order valence-corrected chi connectivity index (χ1v) is 6.80. The fourth-order valence-electron chi connectivity index (χ4n) is 2.13. The number of rotatable bonds is 6. The standard InChI is InChI=1S/C13H24N2O4/c1-10(3-4-12(16)17)14-13(18)15(2)9-11-5-7-19-8-6-11/h10-11H,3-9H2,1-2H3,(H,14,18)(H,16,17). The van der Waals surface area contributed by atoms with Gasteiger partial charge in [-0.3, -0.25) is 4.79 Å². The zero-order chi connectivity index (χ0) is 14.3. The predicted molar refractivity (Wildman–Crippen MR) is 71.0 cm³/mol. The van der Waals surface area contributed by atoms with Gasteiger partial charge in [0.1, 0.15) is 0 Å². The number of urea groups is 1. The van der Waals surface area contributed by atoms with Crippen molar-refractivity contribution in [1.29, 1.82) is 0 Å². The SMILES string of the molecule is CC(CCC(=O)O)NC(=O)N(C)CC1CCOCC1. The van der Waals surface area contributed by atoms with Crippen LogP contribution in [-0.2, 0) is 9.53 Å². The minimum atomic E-state index is -0.836. The van der Waals surface area contributed by atoms with E-state index in [1.165, 1.54) is 0 Å². The van der Waals surface area contributed by atoms with Crippen LogP contribution in [0, 0.1) is 5.92 Å². The largest absolute Gasteiger partial charge is 0.481 e. The Hall–Kier alpha value is -1.30. The van der Waals surface area contributed by atoms with Gasteiger partial charge in [-0.25, -0.2) is 4.79 Å². The Labute approximate surface area is 114 Å². The average Bonchev–Trinajstić information content (AvgIpc) is 2.37. The molecule has 0 saturated carbocycles. The lowest BCUT2D eigenvalue weighted by atomic mass is 10.00. The summed E-state index contributed by atoms with van der Waals surface area (Å²) in [6, 6.07) is -0.259. The molecule has 0 aromatic rings. The van der Waals surface area contributed by atoms with E-state index in [4.69, 9.17) is 9.84 Å². The van der Waals surface area contributed by atoms with Crippen LogP contribution in [0.15, 0.2) is 0 Å². The van der Waals surface area contributed by atoms with Gasteiger partial charge in [0.05, 0.1) is 0 Å². The molecule has 0 aromatic carbocycles. The normalized spacial score (nSPS) is 17.8. The van der Waals surface area contributed by atoms with E-state index in [-0.39, 0.29) is 18.5 Å². The number of hydrogen-bond donors (Lipinski definition) is 2. The van der Waals surface area contributed by atoms with Gasteiger partial charge in [-0.1, -0.05) is 0 Å². The molecule has 0 spiro atoms. The first kappa shape index (κ1) is 15.8. The van der Waals surface area contributed by atoms with E-state index >= 15 is 0 Å². The summed E-state index contributed by atoms with van der Waals surface area (Å²) in [5, 5.41) is 11.4. The van der Waals surface area contributed by atoms with Crippen LogP contribution in [-0.4, -0.2) is 54.9 Å². The molecule has 6 heteroatoms. The Kier molecular flexibility index (Phi) is 6.62. The highest BCUT2D eigenvalue weighted by Gasteiger charge is 2.19. The van der Waals surface area contributed by atoms with Gasteiger partial charge in [-0.15, -0.1) is 0 Å².